The molecule has 0 unspecified atom stereocenters. The first-order valence-electron chi connectivity index (χ1n) is 5.91. The highest BCUT2D eigenvalue weighted by atomic mass is 32.1. The van der Waals surface area contributed by atoms with E-state index in [0.717, 1.165) is 41.7 Å². The van der Waals surface area contributed by atoms with E-state index in [4.69, 9.17) is 0 Å². The number of aliphatic hydroxyl groups is 1. The second-order valence-electron chi connectivity index (χ2n) is 4.65. The molecule has 2 heterocycles. The van der Waals surface area contributed by atoms with Gasteiger partial charge in [0.25, 0.3) is 0 Å². The fourth-order valence-electron chi connectivity index (χ4n) is 2.39. The molecule has 1 fully saturated rings. The molecule has 2 N–H and O–H groups in total. The Hall–Kier alpha value is -1.20. The summed E-state index contributed by atoms with van der Waals surface area (Å²) < 4.78 is 0. The third kappa shape index (κ3) is 2.12. The van der Waals surface area contributed by atoms with Gasteiger partial charge in [0, 0.05) is 6.54 Å². The van der Waals surface area contributed by atoms with Crippen LogP contribution in [0.2, 0.25) is 0 Å². The van der Waals surface area contributed by atoms with Gasteiger partial charge in [-0.1, -0.05) is 12.8 Å². The van der Waals surface area contributed by atoms with E-state index in [-0.39, 0.29) is 0 Å². The summed E-state index contributed by atoms with van der Waals surface area (Å²) in [5, 5.41) is 16.6. The summed E-state index contributed by atoms with van der Waals surface area (Å²) in [6.07, 6.45) is 5.58. The van der Waals surface area contributed by atoms with Gasteiger partial charge in [0.15, 0.2) is 0 Å². The predicted molar refractivity (Wildman–Crippen MR) is 69.3 cm³/mol. The molecular formula is C12H15N3OS. The quantitative estimate of drug-likeness (QED) is 0.877. The molecule has 0 atom stereocenters. The molecule has 2 aromatic rings. The van der Waals surface area contributed by atoms with Crippen LogP contribution in [0.25, 0.3) is 10.2 Å². The highest BCUT2D eigenvalue weighted by molar-refractivity contribution is 7.16. The summed E-state index contributed by atoms with van der Waals surface area (Å²) in [5.74, 6) is 0.830. The molecule has 4 nitrogen and oxygen atoms in total. The number of hydrogen-bond donors (Lipinski definition) is 2. The fraction of sp³-hybridized carbons (Fsp3) is 0.500. The van der Waals surface area contributed by atoms with Crippen LogP contribution in [0.4, 0.5) is 5.82 Å². The first kappa shape index (κ1) is 10.9. The Morgan fingerprint density at radius 2 is 2.18 bits per heavy atom. The Kier molecular flexibility index (Phi) is 2.72. The SMILES string of the molecule is OC1(CNc2ncnc3sccc23)CCCC1. The molecule has 0 radical (unpaired) electrons. The molecular weight excluding hydrogens is 234 g/mol. The highest BCUT2D eigenvalue weighted by Gasteiger charge is 2.30. The van der Waals surface area contributed by atoms with Crippen molar-refractivity contribution in [3.05, 3.63) is 17.8 Å². The minimum absolute atomic E-state index is 0.548. The van der Waals surface area contributed by atoms with Crippen LogP contribution in [-0.4, -0.2) is 27.2 Å². The van der Waals surface area contributed by atoms with Gasteiger partial charge in [0.05, 0.1) is 11.0 Å². The summed E-state index contributed by atoms with van der Waals surface area (Å²) in [6, 6.07) is 2.01. The van der Waals surface area contributed by atoms with Crippen LogP contribution in [0, 0.1) is 0 Å². The van der Waals surface area contributed by atoms with Crippen LogP contribution in [0.5, 0.6) is 0 Å². The van der Waals surface area contributed by atoms with Gasteiger partial charge in [-0.3, -0.25) is 0 Å². The molecule has 0 amide bonds. The van der Waals surface area contributed by atoms with Gasteiger partial charge in [-0.05, 0) is 24.3 Å². The van der Waals surface area contributed by atoms with Crippen LogP contribution in [0.3, 0.4) is 0 Å². The number of nitrogens with one attached hydrogen (secondary N) is 1. The zero-order chi connectivity index (χ0) is 11.7. The van der Waals surface area contributed by atoms with Crippen molar-refractivity contribution in [1.82, 2.24) is 9.97 Å². The summed E-state index contributed by atoms with van der Waals surface area (Å²) in [5.41, 5.74) is -0.548. The average molecular weight is 249 g/mol. The molecule has 0 saturated heterocycles. The molecule has 0 aromatic carbocycles. The third-order valence-corrected chi connectivity index (χ3v) is 4.20. The Labute approximate surface area is 104 Å². The van der Waals surface area contributed by atoms with Crippen molar-refractivity contribution in [2.75, 3.05) is 11.9 Å². The molecule has 3 rings (SSSR count). The van der Waals surface area contributed by atoms with Gasteiger partial charge in [0.1, 0.15) is 17.0 Å². The Morgan fingerprint density at radius 3 is 3.00 bits per heavy atom. The lowest BCUT2D eigenvalue weighted by atomic mass is 10.0. The maximum atomic E-state index is 10.3. The second-order valence-corrected chi connectivity index (χ2v) is 5.54. The van der Waals surface area contributed by atoms with Crippen LogP contribution in [-0.2, 0) is 0 Å². The Morgan fingerprint density at radius 1 is 1.35 bits per heavy atom. The van der Waals surface area contributed by atoms with E-state index in [2.05, 4.69) is 15.3 Å². The molecule has 0 aliphatic heterocycles. The van der Waals surface area contributed by atoms with E-state index in [9.17, 15) is 5.11 Å². The maximum absolute atomic E-state index is 10.3. The van der Waals surface area contributed by atoms with Crippen molar-refractivity contribution >= 4 is 27.4 Å². The zero-order valence-corrected chi connectivity index (χ0v) is 10.3. The molecule has 0 bridgehead atoms. The van der Waals surface area contributed by atoms with Crippen LogP contribution >= 0.6 is 11.3 Å². The van der Waals surface area contributed by atoms with Gasteiger partial charge in [-0.15, -0.1) is 11.3 Å². The number of rotatable bonds is 3. The average Bonchev–Trinajstić information content (AvgIpc) is 2.95. The molecule has 1 saturated carbocycles. The molecule has 5 heteroatoms. The minimum Gasteiger partial charge on any atom is -0.388 e. The number of anilines is 1. The van der Waals surface area contributed by atoms with E-state index in [1.165, 1.54) is 0 Å². The fourth-order valence-corrected chi connectivity index (χ4v) is 3.12. The zero-order valence-electron chi connectivity index (χ0n) is 9.52. The highest BCUT2D eigenvalue weighted by Crippen LogP contribution is 2.30. The lowest BCUT2D eigenvalue weighted by molar-refractivity contribution is 0.0614. The summed E-state index contributed by atoms with van der Waals surface area (Å²) in [7, 11) is 0. The largest absolute Gasteiger partial charge is 0.388 e. The smallest absolute Gasteiger partial charge is 0.138 e. The van der Waals surface area contributed by atoms with Crippen LogP contribution in [0.1, 0.15) is 25.7 Å². The van der Waals surface area contributed by atoms with E-state index in [1.807, 2.05) is 11.4 Å². The summed E-state index contributed by atoms with van der Waals surface area (Å²) >= 11 is 1.61. The first-order chi connectivity index (χ1) is 8.27. The van der Waals surface area contributed by atoms with Crippen molar-refractivity contribution in [2.45, 2.75) is 31.3 Å². The van der Waals surface area contributed by atoms with Crippen molar-refractivity contribution < 1.29 is 5.11 Å². The topological polar surface area (TPSA) is 58.0 Å². The Balaban J connectivity index is 1.78. The molecule has 1 aliphatic rings. The van der Waals surface area contributed by atoms with Crippen molar-refractivity contribution in [3.8, 4) is 0 Å². The molecule has 17 heavy (non-hydrogen) atoms. The van der Waals surface area contributed by atoms with Crippen molar-refractivity contribution in [1.29, 1.82) is 0 Å². The molecule has 1 aliphatic carbocycles. The summed E-state index contributed by atoms with van der Waals surface area (Å²) in [4.78, 5) is 9.44. The van der Waals surface area contributed by atoms with Gasteiger partial charge in [-0.2, -0.15) is 0 Å². The number of hydrogen-bond acceptors (Lipinski definition) is 5. The third-order valence-electron chi connectivity index (χ3n) is 3.38. The maximum Gasteiger partial charge on any atom is 0.138 e. The first-order valence-corrected chi connectivity index (χ1v) is 6.79. The number of aromatic nitrogens is 2. The van der Waals surface area contributed by atoms with Gasteiger partial charge < -0.3 is 10.4 Å². The van der Waals surface area contributed by atoms with Gasteiger partial charge in [-0.25, -0.2) is 9.97 Å². The molecule has 0 spiro atoms. The van der Waals surface area contributed by atoms with Crippen LogP contribution in [0.15, 0.2) is 17.8 Å². The van der Waals surface area contributed by atoms with Gasteiger partial charge in [0.2, 0.25) is 0 Å². The number of nitrogens with zero attached hydrogens (tertiary/aromatic N) is 2. The monoisotopic (exact) mass is 249 g/mol. The van der Waals surface area contributed by atoms with E-state index in [1.54, 1.807) is 17.7 Å². The summed E-state index contributed by atoms with van der Waals surface area (Å²) in [6.45, 7) is 0.578. The van der Waals surface area contributed by atoms with E-state index in [0.29, 0.717) is 6.54 Å². The second kappa shape index (κ2) is 4.23. The minimum atomic E-state index is -0.548. The standard InChI is InChI=1S/C12H15N3OS/c16-12(4-1-2-5-12)7-13-10-9-3-6-17-11(9)15-8-14-10/h3,6,8,16H,1-2,4-5,7H2,(H,13,14,15). The number of thiophene rings is 1. The van der Waals surface area contributed by atoms with Crippen LogP contribution < -0.4 is 5.32 Å². The lowest BCUT2D eigenvalue weighted by Crippen LogP contribution is -2.33. The normalized spacial score (nSPS) is 18.6. The Bertz CT molecular complexity index is 519. The number of fused-ring (bicyclic) bond motifs is 1. The lowest BCUT2D eigenvalue weighted by Gasteiger charge is -2.22. The van der Waals surface area contributed by atoms with Crippen molar-refractivity contribution in [2.24, 2.45) is 0 Å². The van der Waals surface area contributed by atoms with Gasteiger partial charge >= 0.3 is 0 Å². The van der Waals surface area contributed by atoms with E-state index >= 15 is 0 Å². The molecule has 90 valence electrons. The van der Waals surface area contributed by atoms with E-state index < -0.39 is 5.60 Å². The van der Waals surface area contributed by atoms with Crippen molar-refractivity contribution in [3.63, 3.8) is 0 Å². The molecule has 2 aromatic heterocycles. The predicted octanol–water partition coefficient (Wildman–Crippen LogP) is 2.41.